The summed E-state index contributed by atoms with van der Waals surface area (Å²) in [5.74, 6) is -0.859. The largest absolute Gasteiger partial charge is 0.452 e. The molecule has 5 heteroatoms. The van der Waals surface area contributed by atoms with Crippen LogP contribution in [-0.2, 0) is 14.3 Å². The number of esters is 1. The summed E-state index contributed by atoms with van der Waals surface area (Å²) in [6, 6.07) is 0. The molecule has 104 valence electrons. The Balaban J connectivity index is 2.22. The molecule has 19 heavy (non-hydrogen) atoms. The number of rotatable bonds is 3. The van der Waals surface area contributed by atoms with Crippen molar-refractivity contribution in [2.24, 2.45) is 16.7 Å². The Labute approximate surface area is 112 Å². The number of carbonyl (C=O) groups is 2. The first-order chi connectivity index (χ1) is 8.72. The molecule has 2 fully saturated rings. The van der Waals surface area contributed by atoms with Crippen LogP contribution in [0.15, 0.2) is 0 Å². The highest BCUT2D eigenvalue weighted by molar-refractivity contribution is 6.61. The zero-order chi connectivity index (χ0) is 14.4. The van der Waals surface area contributed by atoms with Gasteiger partial charge in [-0.05, 0) is 25.2 Å². The highest BCUT2D eigenvalue weighted by Crippen LogP contribution is 2.63. The lowest BCUT2D eigenvalue weighted by Crippen LogP contribution is -2.45. The fourth-order valence-electron chi connectivity index (χ4n) is 3.97. The van der Waals surface area contributed by atoms with Crippen molar-refractivity contribution in [2.45, 2.75) is 53.1 Å². The number of nitrogens with zero attached hydrogens (tertiary/aromatic N) is 2. The molecule has 0 amide bonds. The first-order valence-corrected chi connectivity index (χ1v) is 6.66. The molecule has 2 rings (SSSR count). The van der Waals surface area contributed by atoms with Gasteiger partial charge in [0, 0.05) is 17.8 Å². The maximum Gasteiger partial charge on any atom is 0.441 e. The SMILES string of the molecule is CC(=O)C(=[N+]=[N-])C(=O)O[C@H]1C(C)(C)[C@H]2CC[C@]1(C)C2. The van der Waals surface area contributed by atoms with Crippen molar-refractivity contribution in [1.29, 1.82) is 0 Å². The molecule has 2 bridgehead atoms. The fraction of sp³-hybridized carbons (Fsp3) is 0.786. The molecular weight excluding hydrogens is 244 g/mol. The van der Waals surface area contributed by atoms with Crippen LogP contribution in [0.1, 0.15) is 47.0 Å². The molecule has 0 radical (unpaired) electrons. The molecule has 2 aliphatic carbocycles. The van der Waals surface area contributed by atoms with Gasteiger partial charge in [0.1, 0.15) is 6.10 Å². The molecule has 0 aromatic carbocycles. The molecule has 3 atom stereocenters. The lowest BCUT2D eigenvalue weighted by atomic mass is 9.70. The molecule has 0 saturated heterocycles. The van der Waals surface area contributed by atoms with Gasteiger partial charge in [-0.15, -0.1) is 0 Å². The summed E-state index contributed by atoms with van der Waals surface area (Å²) < 4.78 is 5.53. The Morgan fingerprint density at radius 2 is 1.95 bits per heavy atom. The average molecular weight is 264 g/mol. The van der Waals surface area contributed by atoms with Crippen molar-refractivity contribution in [3.63, 3.8) is 0 Å². The number of hydrogen-bond donors (Lipinski definition) is 0. The first kappa shape index (κ1) is 13.9. The predicted octanol–water partition coefficient (Wildman–Crippen LogP) is 2.00. The van der Waals surface area contributed by atoms with E-state index < -0.39 is 17.5 Å². The topological polar surface area (TPSA) is 79.8 Å². The lowest BCUT2D eigenvalue weighted by molar-refractivity contribution is -0.161. The number of Topliss-reactive ketones (excluding diaryl/α,β-unsaturated/α-hetero) is 1. The Hall–Kier alpha value is -1.48. The number of carbonyl (C=O) groups excluding carboxylic acids is 2. The second kappa shape index (κ2) is 4.27. The van der Waals surface area contributed by atoms with Crippen molar-refractivity contribution in [1.82, 2.24) is 0 Å². The van der Waals surface area contributed by atoms with Crippen molar-refractivity contribution >= 4 is 17.5 Å². The van der Waals surface area contributed by atoms with Gasteiger partial charge in [0.15, 0.2) is 0 Å². The summed E-state index contributed by atoms with van der Waals surface area (Å²) in [6.07, 6.45) is 3.00. The molecule has 2 saturated carbocycles. The average Bonchev–Trinajstić information content (AvgIpc) is 2.76. The number of ether oxygens (including phenoxy) is 1. The van der Waals surface area contributed by atoms with Gasteiger partial charge < -0.3 is 10.3 Å². The van der Waals surface area contributed by atoms with Crippen molar-refractivity contribution in [2.75, 3.05) is 0 Å². The van der Waals surface area contributed by atoms with Crippen molar-refractivity contribution in [3.8, 4) is 0 Å². The summed E-state index contributed by atoms with van der Waals surface area (Å²) in [6.45, 7) is 7.51. The predicted molar refractivity (Wildman–Crippen MR) is 68.4 cm³/mol. The monoisotopic (exact) mass is 264 g/mol. The van der Waals surface area contributed by atoms with E-state index >= 15 is 0 Å². The first-order valence-electron chi connectivity index (χ1n) is 6.66. The fourth-order valence-corrected chi connectivity index (χ4v) is 3.97. The minimum absolute atomic E-state index is 0.0266. The van der Waals surface area contributed by atoms with Crippen LogP contribution < -0.4 is 0 Å². The second-order valence-electron chi connectivity index (χ2n) is 6.71. The van der Waals surface area contributed by atoms with E-state index in [0.29, 0.717) is 5.92 Å². The number of hydrogen-bond acceptors (Lipinski definition) is 3. The summed E-state index contributed by atoms with van der Waals surface area (Å²) in [7, 11) is 0. The van der Waals surface area contributed by atoms with Gasteiger partial charge in [-0.25, -0.2) is 4.79 Å². The van der Waals surface area contributed by atoms with E-state index in [0.717, 1.165) is 19.3 Å². The van der Waals surface area contributed by atoms with Crippen LogP contribution in [0, 0.1) is 16.7 Å². The third-order valence-corrected chi connectivity index (χ3v) is 4.99. The molecule has 0 heterocycles. The molecule has 0 aromatic heterocycles. The summed E-state index contributed by atoms with van der Waals surface area (Å²) >= 11 is 0. The normalized spacial score (nSPS) is 34.7. The van der Waals surface area contributed by atoms with Crippen LogP contribution in [0.3, 0.4) is 0 Å². The maximum atomic E-state index is 11.9. The molecule has 5 nitrogen and oxygen atoms in total. The van der Waals surface area contributed by atoms with E-state index in [1.165, 1.54) is 6.92 Å². The molecule has 0 aliphatic heterocycles. The van der Waals surface area contributed by atoms with Gasteiger partial charge in [-0.1, -0.05) is 20.8 Å². The van der Waals surface area contributed by atoms with E-state index in [4.69, 9.17) is 10.3 Å². The zero-order valence-corrected chi connectivity index (χ0v) is 11.9. The minimum atomic E-state index is -0.818. The number of fused-ring (bicyclic) bond motifs is 2. The van der Waals surface area contributed by atoms with Gasteiger partial charge in [0.25, 0.3) is 0 Å². The summed E-state index contributed by atoms with van der Waals surface area (Å²) in [5, 5.41) is 0. The van der Waals surface area contributed by atoms with Gasteiger partial charge in [-0.3, -0.25) is 4.79 Å². The Morgan fingerprint density at radius 3 is 2.37 bits per heavy atom. The highest BCUT2D eigenvalue weighted by Gasteiger charge is 2.61. The standard InChI is InChI=1S/C14H20N2O3/c1-8(17)10(16-15)11(18)19-12-13(2,3)9-5-6-14(12,4)7-9/h9,12H,5-7H2,1-4H3/t9-,12-,14+/m0/s1. The number of ketones is 1. The molecule has 0 unspecified atom stereocenters. The molecule has 0 spiro atoms. The summed E-state index contributed by atoms with van der Waals surface area (Å²) in [5.41, 5.74) is 8.08. The smallest absolute Gasteiger partial charge is 0.441 e. The van der Waals surface area contributed by atoms with Crippen LogP contribution in [0.4, 0.5) is 0 Å². The molecule has 0 aromatic rings. The van der Waals surface area contributed by atoms with Gasteiger partial charge in [-0.2, -0.15) is 4.79 Å². The van der Waals surface area contributed by atoms with E-state index in [-0.39, 0.29) is 16.9 Å². The van der Waals surface area contributed by atoms with Crippen LogP contribution in [-0.4, -0.2) is 28.4 Å². The molecule has 2 aliphatic rings. The van der Waals surface area contributed by atoms with Gasteiger partial charge in [0.05, 0.1) is 0 Å². The van der Waals surface area contributed by atoms with Crippen LogP contribution in [0.2, 0.25) is 0 Å². The van der Waals surface area contributed by atoms with E-state index in [2.05, 4.69) is 25.6 Å². The minimum Gasteiger partial charge on any atom is -0.452 e. The zero-order valence-electron chi connectivity index (χ0n) is 11.9. The van der Waals surface area contributed by atoms with Crippen molar-refractivity contribution < 1.29 is 19.1 Å². The summed E-state index contributed by atoms with van der Waals surface area (Å²) in [4.78, 5) is 25.9. The van der Waals surface area contributed by atoms with E-state index in [1.807, 2.05) is 0 Å². The van der Waals surface area contributed by atoms with Crippen LogP contribution >= 0.6 is 0 Å². The lowest BCUT2D eigenvalue weighted by Gasteiger charge is -2.41. The Bertz CT molecular complexity index is 486. The van der Waals surface area contributed by atoms with E-state index in [9.17, 15) is 9.59 Å². The Kier molecular flexibility index (Phi) is 3.13. The van der Waals surface area contributed by atoms with E-state index in [1.54, 1.807) is 0 Å². The van der Waals surface area contributed by atoms with Crippen LogP contribution in [0.25, 0.3) is 5.53 Å². The second-order valence-corrected chi connectivity index (χ2v) is 6.71. The van der Waals surface area contributed by atoms with Gasteiger partial charge >= 0.3 is 11.7 Å². The van der Waals surface area contributed by atoms with Crippen molar-refractivity contribution in [3.05, 3.63) is 5.53 Å². The third kappa shape index (κ3) is 2.02. The quantitative estimate of drug-likeness (QED) is 0.257. The maximum absolute atomic E-state index is 11.9. The molecular formula is C14H20N2O3. The van der Waals surface area contributed by atoms with Crippen LogP contribution in [0.5, 0.6) is 0 Å². The third-order valence-electron chi connectivity index (χ3n) is 4.99. The highest BCUT2D eigenvalue weighted by atomic mass is 16.5. The van der Waals surface area contributed by atoms with Gasteiger partial charge in [0.2, 0.25) is 5.78 Å². The Morgan fingerprint density at radius 1 is 1.32 bits per heavy atom. The molecule has 0 N–H and O–H groups in total.